The number of carboxylic acid groups (broad SMARTS) is 1. The highest BCUT2D eigenvalue weighted by Gasteiger charge is 2.15. The maximum Gasteiger partial charge on any atom is 0.303 e. The Morgan fingerprint density at radius 3 is 2.80 bits per heavy atom. The average Bonchev–Trinajstić information content (AvgIpc) is 2.85. The van der Waals surface area contributed by atoms with Crippen molar-refractivity contribution in [3.8, 4) is 0 Å². The quantitative estimate of drug-likeness (QED) is 0.772. The Hall–Kier alpha value is -1.82. The van der Waals surface area contributed by atoms with E-state index in [0.29, 0.717) is 6.42 Å². The Morgan fingerprint density at radius 2 is 2.10 bits per heavy atom. The molecule has 2 N–H and O–H groups in total. The van der Waals surface area contributed by atoms with Gasteiger partial charge in [-0.25, -0.2) is 4.98 Å². The van der Waals surface area contributed by atoms with Gasteiger partial charge >= 0.3 is 5.97 Å². The number of halogens is 1. The van der Waals surface area contributed by atoms with Gasteiger partial charge in [0.15, 0.2) is 0 Å². The second-order valence-electron chi connectivity index (χ2n) is 4.98. The van der Waals surface area contributed by atoms with Gasteiger partial charge in [0.1, 0.15) is 4.60 Å². The zero-order valence-electron chi connectivity index (χ0n) is 11.2. The summed E-state index contributed by atoms with van der Waals surface area (Å²) < 4.78 is 2.83. The zero-order chi connectivity index (χ0) is 14.4. The Kier molecular flexibility index (Phi) is 3.05. The molecule has 1 aromatic carbocycles. The van der Waals surface area contributed by atoms with Gasteiger partial charge < -0.3 is 10.1 Å². The predicted octanol–water partition coefficient (Wildman–Crippen LogP) is 3.21. The molecular formula is C14H14BrN3O2. The lowest BCUT2D eigenvalue weighted by molar-refractivity contribution is -0.136. The Labute approximate surface area is 123 Å². The second-order valence-corrected chi connectivity index (χ2v) is 5.74. The molecule has 0 radical (unpaired) electrons. The van der Waals surface area contributed by atoms with Gasteiger partial charge in [0, 0.05) is 12.1 Å². The van der Waals surface area contributed by atoms with E-state index in [0.717, 1.165) is 27.1 Å². The van der Waals surface area contributed by atoms with Gasteiger partial charge in [-0.05, 0) is 53.0 Å². The number of aromatic nitrogens is 3. The average molecular weight is 336 g/mol. The first-order valence-electron chi connectivity index (χ1n) is 6.35. The van der Waals surface area contributed by atoms with E-state index in [1.54, 1.807) is 0 Å². The van der Waals surface area contributed by atoms with Crippen LogP contribution in [0, 0.1) is 13.8 Å². The number of rotatable bonds is 3. The number of benzene rings is 1. The molecule has 2 heterocycles. The van der Waals surface area contributed by atoms with Crippen molar-refractivity contribution in [2.75, 3.05) is 0 Å². The van der Waals surface area contributed by atoms with Crippen molar-refractivity contribution in [3.63, 3.8) is 0 Å². The van der Waals surface area contributed by atoms with E-state index in [-0.39, 0.29) is 6.42 Å². The summed E-state index contributed by atoms with van der Waals surface area (Å²) in [6.07, 6.45) is 0.546. The normalized spacial score (nSPS) is 11.6. The topological polar surface area (TPSA) is 70.4 Å². The largest absolute Gasteiger partial charge is 0.481 e. The molecule has 0 atom stereocenters. The van der Waals surface area contributed by atoms with E-state index in [1.807, 2.05) is 4.40 Å². The monoisotopic (exact) mass is 335 g/mol. The number of H-pyrrole nitrogens is 1. The van der Waals surface area contributed by atoms with Gasteiger partial charge in [0.05, 0.1) is 17.5 Å². The molecule has 3 aromatic rings. The van der Waals surface area contributed by atoms with Crippen LogP contribution < -0.4 is 0 Å². The third-order valence-corrected chi connectivity index (χ3v) is 4.40. The Morgan fingerprint density at radius 1 is 1.40 bits per heavy atom. The zero-order valence-corrected chi connectivity index (χ0v) is 12.8. The molecule has 0 saturated carbocycles. The Bertz CT molecular complexity index is 832. The number of imidazole rings is 2. The number of hydrogen-bond acceptors (Lipinski definition) is 2. The van der Waals surface area contributed by atoms with E-state index in [9.17, 15) is 4.79 Å². The minimum atomic E-state index is -0.805. The summed E-state index contributed by atoms with van der Waals surface area (Å²) in [7, 11) is 0. The molecule has 3 rings (SSSR count). The second kappa shape index (κ2) is 4.63. The highest BCUT2D eigenvalue weighted by molar-refractivity contribution is 9.10. The van der Waals surface area contributed by atoms with Crippen molar-refractivity contribution >= 4 is 38.7 Å². The third-order valence-electron chi connectivity index (χ3n) is 3.57. The molecule has 0 aliphatic carbocycles. The summed E-state index contributed by atoms with van der Waals surface area (Å²) in [5.74, 6) is -0.0715. The maximum absolute atomic E-state index is 10.7. The standard InChI is InChI=1S/C14H14BrN3O2/c1-7-5-10-11(6-8(7)2)18-13(15)9(3-4-12(19)20)16-14(18)17-10/h5-6H,3-4H2,1-2H3,(H,16,17)(H,19,20). The van der Waals surface area contributed by atoms with Crippen molar-refractivity contribution < 1.29 is 9.90 Å². The van der Waals surface area contributed by atoms with Crippen LogP contribution in [0.2, 0.25) is 0 Å². The molecule has 0 bridgehead atoms. The minimum absolute atomic E-state index is 0.0956. The van der Waals surface area contributed by atoms with Gasteiger partial charge in [-0.3, -0.25) is 9.20 Å². The summed E-state index contributed by atoms with van der Waals surface area (Å²) >= 11 is 3.54. The fraction of sp³-hybridized carbons (Fsp3) is 0.286. The van der Waals surface area contributed by atoms with Crippen LogP contribution in [0.1, 0.15) is 23.2 Å². The number of nitrogens with one attached hydrogen (secondary N) is 1. The van der Waals surface area contributed by atoms with Crippen LogP contribution in [-0.2, 0) is 11.2 Å². The van der Waals surface area contributed by atoms with Gasteiger partial charge in [-0.1, -0.05) is 0 Å². The minimum Gasteiger partial charge on any atom is -0.481 e. The van der Waals surface area contributed by atoms with Gasteiger partial charge in [0.25, 0.3) is 0 Å². The van der Waals surface area contributed by atoms with Gasteiger partial charge in [-0.2, -0.15) is 0 Å². The molecule has 0 unspecified atom stereocenters. The number of hydrogen-bond donors (Lipinski definition) is 2. The lowest BCUT2D eigenvalue weighted by Crippen LogP contribution is -1.98. The highest BCUT2D eigenvalue weighted by Crippen LogP contribution is 2.27. The van der Waals surface area contributed by atoms with Crippen LogP contribution in [0.3, 0.4) is 0 Å². The molecule has 0 fully saturated rings. The van der Waals surface area contributed by atoms with Crippen LogP contribution in [-0.4, -0.2) is 25.4 Å². The third kappa shape index (κ3) is 2.00. The van der Waals surface area contributed by atoms with E-state index >= 15 is 0 Å². The first-order chi connectivity index (χ1) is 9.47. The number of nitrogens with zero attached hydrogens (tertiary/aromatic N) is 2. The number of carbonyl (C=O) groups is 1. The number of carboxylic acids is 1. The van der Waals surface area contributed by atoms with Gasteiger partial charge in [-0.15, -0.1) is 0 Å². The summed E-state index contributed by atoms with van der Waals surface area (Å²) in [6.45, 7) is 4.13. The summed E-state index contributed by atoms with van der Waals surface area (Å²) in [4.78, 5) is 18.4. The maximum atomic E-state index is 10.7. The van der Waals surface area contributed by atoms with Gasteiger partial charge in [0.2, 0.25) is 5.78 Å². The van der Waals surface area contributed by atoms with E-state index < -0.39 is 5.97 Å². The highest BCUT2D eigenvalue weighted by atomic mass is 79.9. The molecule has 2 aromatic heterocycles. The molecule has 104 valence electrons. The molecular weight excluding hydrogens is 322 g/mol. The first-order valence-corrected chi connectivity index (χ1v) is 7.14. The molecule has 0 spiro atoms. The fourth-order valence-corrected chi connectivity index (χ4v) is 2.99. The SMILES string of the molecule is Cc1cc2nc3[nH]c(CCC(=O)O)c(Br)n3c2cc1C. The van der Waals surface area contributed by atoms with Crippen molar-refractivity contribution in [3.05, 3.63) is 33.6 Å². The summed E-state index contributed by atoms with van der Waals surface area (Å²) in [6, 6.07) is 4.17. The smallest absolute Gasteiger partial charge is 0.303 e. The number of fused-ring (bicyclic) bond motifs is 3. The van der Waals surface area contributed by atoms with Crippen molar-refractivity contribution in [2.45, 2.75) is 26.7 Å². The molecule has 0 aliphatic heterocycles. The lowest BCUT2D eigenvalue weighted by atomic mass is 10.1. The summed E-state index contributed by atoms with van der Waals surface area (Å²) in [5, 5.41) is 8.78. The fourth-order valence-electron chi connectivity index (χ4n) is 2.33. The molecule has 0 aliphatic rings. The number of aryl methyl sites for hydroxylation is 3. The molecule has 5 nitrogen and oxygen atoms in total. The van der Waals surface area contributed by atoms with Crippen LogP contribution in [0.15, 0.2) is 16.7 Å². The van der Waals surface area contributed by atoms with Crippen LogP contribution in [0.4, 0.5) is 0 Å². The van der Waals surface area contributed by atoms with Crippen LogP contribution in [0.25, 0.3) is 16.8 Å². The van der Waals surface area contributed by atoms with E-state index in [4.69, 9.17) is 5.11 Å². The molecule has 0 amide bonds. The summed E-state index contributed by atoms with van der Waals surface area (Å²) in [5.41, 5.74) is 5.23. The van der Waals surface area contributed by atoms with E-state index in [1.165, 1.54) is 11.1 Å². The van der Waals surface area contributed by atoms with Crippen molar-refractivity contribution in [2.24, 2.45) is 0 Å². The first kappa shape index (κ1) is 13.2. The molecule has 20 heavy (non-hydrogen) atoms. The van der Waals surface area contributed by atoms with Crippen LogP contribution in [0.5, 0.6) is 0 Å². The van der Waals surface area contributed by atoms with Crippen molar-refractivity contribution in [1.82, 2.24) is 14.4 Å². The van der Waals surface area contributed by atoms with Crippen LogP contribution >= 0.6 is 15.9 Å². The predicted molar refractivity (Wildman–Crippen MR) is 80.2 cm³/mol. The van der Waals surface area contributed by atoms with E-state index in [2.05, 4.69) is 51.9 Å². The Balaban J connectivity index is 2.18. The molecule has 6 heteroatoms. The van der Waals surface area contributed by atoms with Crippen molar-refractivity contribution in [1.29, 1.82) is 0 Å². The number of aromatic amines is 1. The number of aliphatic carboxylic acids is 1. The lowest BCUT2D eigenvalue weighted by Gasteiger charge is -2.01. The molecule has 0 saturated heterocycles.